The Morgan fingerprint density at radius 2 is 0.515 bits per heavy atom. The summed E-state index contributed by atoms with van der Waals surface area (Å²) in [5, 5.41) is 53.1. The number of carboxylic acids is 1. The Hall–Kier alpha value is -5.89. The second kappa shape index (κ2) is 33.1. The van der Waals surface area contributed by atoms with Crippen LogP contribution in [-0.2, 0) is 76.9 Å². The molecule has 0 spiro atoms. The molecule has 10 nitrogen and oxygen atoms in total. The molecule has 4 atom stereocenters. The first kappa shape index (κ1) is 87.2. The fourth-order valence-electron chi connectivity index (χ4n) is 11.4. The first-order valence-electron chi connectivity index (χ1n) is 33.2. The summed E-state index contributed by atoms with van der Waals surface area (Å²) in [4.78, 5) is 30.2. The Labute approximate surface area is 598 Å². The Balaban J connectivity index is 0.000000537. The molecular weight excluding hydrogens is 1330 g/mol. The van der Waals surface area contributed by atoms with E-state index in [-0.39, 0.29) is 108 Å². The average molecular weight is 1440 g/mol. The van der Waals surface area contributed by atoms with Crippen molar-refractivity contribution in [2.24, 2.45) is 20.0 Å². The Morgan fingerprint density at radius 3 is 0.670 bits per heavy atom. The quantitative estimate of drug-likeness (QED) is 0.0324. The molecule has 7 rings (SSSR count). The van der Waals surface area contributed by atoms with E-state index in [1.807, 2.05) is 24.9 Å². The molecule has 97 heavy (non-hydrogen) atoms. The maximum Gasteiger partial charge on any atom is 0.341 e. The van der Waals surface area contributed by atoms with Crippen LogP contribution in [0.3, 0.4) is 0 Å². The number of nitrogens with zero attached hydrogens (tertiary/aromatic N) is 4. The number of carbonyl (C=O) groups is 1. The van der Waals surface area contributed by atoms with E-state index in [1.54, 1.807) is 0 Å². The van der Waals surface area contributed by atoms with Gasteiger partial charge >= 0.3 is 5.97 Å². The van der Waals surface area contributed by atoms with E-state index in [4.69, 9.17) is 25.1 Å². The van der Waals surface area contributed by atoms with E-state index < -0.39 is 40.6 Å². The van der Waals surface area contributed by atoms with Gasteiger partial charge in [-0.1, -0.05) is 216 Å². The normalized spacial score (nSPS) is 17.7. The summed E-state index contributed by atoms with van der Waals surface area (Å²) in [6, 6.07) is 17.1. The summed E-state index contributed by atoms with van der Waals surface area (Å²) in [6.45, 7) is 52.1. The van der Waals surface area contributed by atoms with Gasteiger partial charge in [0.15, 0.2) is 23.3 Å². The zero-order chi connectivity index (χ0) is 71.6. The molecule has 17 heteroatoms. The molecule has 0 aromatic heterocycles. The van der Waals surface area contributed by atoms with Crippen LogP contribution in [0.15, 0.2) is 68.5 Å². The Bertz CT molecular complexity index is 3240. The van der Waals surface area contributed by atoms with Crippen molar-refractivity contribution in [3.05, 3.63) is 157 Å². The number of aliphatic imine (C=N–C) groups is 4. The summed E-state index contributed by atoms with van der Waals surface area (Å²) >= 11 is 0. The van der Waals surface area contributed by atoms with E-state index in [0.29, 0.717) is 23.0 Å². The van der Waals surface area contributed by atoms with Crippen LogP contribution in [0.4, 0.5) is 22.0 Å². The molecule has 2 aliphatic carbocycles. The number of aromatic hydroxyl groups is 4. The predicted molar refractivity (Wildman–Crippen MR) is 384 cm³/mol. The van der Waals surface area contributed by atoms with Gasteiger partial charge in [0.25, 0.3) is 0 Å². The van der Waals surface area contributed by atoms with Gasteiger partial charge in [0.1, 0.15) is 28.6 Å². The summed E-state index contributed by atoms with van der Waals surface area (Å²) in [5.74, 6) is -12.6. The van der Waals surface area contributed by atoms with E-state index in [2.05, 4.69) is 215 Å². The number of benzene rings is 5. The molecule has 2 radical (unpaired) electrons. The van der Waals surface area contributed by atoms with Gasteiger partial charge in [-0.2, -0.15) is 0 Å². The Morgan fingerprint density at radius 1 is 0.340 bits per heavy atom. The molecule has 2 saturated carbocycles. The minimum atomic E-state index is -2.38. The van der Waals surface area contributed by atoms with Gasteiger partial charge in [0.2, 0.25) is 5.82 Å². The molecule has 0 unspecified atom stereocenters. The molecule has 0 bridgehead atoms. The van der Waals surface area contributed by atoms with Crippen LogP contribution in [-0.4, -0.2) is 80.5 Å². The number of rotatable bonds is 9. The molecule has 0 amide bonds. The molecule has 0 heterocycles. The van der Waals surface area contributed by atoms with Crippen LogP contribution in [0.1, 0.15) is 295 Å². The fraction of sp³-hybridized carbons (Fsp3) is 0.550. The third kappa shape index (κ3) is 22.6. The largest absolute Gasteiger partial charge is 0.507 e. The molecule has 5 N–H and O–H groups in total. The summed E-state index contributed by atoms with van der Waals surface area (Å²) in [6.07, 6.45) is 15.8. The van der Waals surface area contributed by atoms with Crippen molar-refractivity contribution in [2.75, 3.05) is 0 Å². The number of hydrogen-bond acceptors (Lipinski definition) is 9. The van der Waals surface area contributed by atoms with Gasteiger partial charge < -0.3 is 33.0 Å². The molecular formula is C80H112Co2F5N4O6-. The number of phenols is 4. The van der Waals surface area contributed by atoms with Crippen LogP contribution in [0.2, 0.25) is 0 Å². The van der Waals surface area contributed by atoms with Gasteiger partial charge in [-0.15, -0.1) is 0 Å². The van der Waals surface area contributed by atoms with E-state index >= 15 is 0 Å². The number of hydrogen-bond donors (Lipinski definition) is 5. The van der Waals surface area contributed by atoms with Crippen molar-refractivity contribution in [3.8, 4) is 23.0 Å². The van der Waals surface area contributed by atoms with Crippen molar-refractivity contribution in [1.82, 2.24) is 0 Å². The third-order valence-corrected chi connectivity index (χ3v) is 17.7. The average Bonchev–Trinajstić information content (AvgIpc) is 0.818. The predicted octanol–water partition coefficient (Wildman–Crippen LogP) is 20.8. The van der Waals surface area contributed by atoms with E-state index in [1.165, 1.54) is 22.3 Å². The third-order valence-electron chi connectivity index (χ3n) is 17.7. The zero-order valence-corrected chi connectivity index (χ0v) is 64.5. The fourth-order valence-corrected chi connectivity index (χ4v) is 11.4. The monoisotopic (exact) mass is 1440 g/mol. The summed E-state index contributed by atoms with van der Waals surface area (Å²) < 4.78 is 62.1. The molecule has 5 aromatic rings. The number of halogens is 5. The molecule has 542 valence electrons. The second-order valence-electron chi connectivity index (χ2n) is 34.0. The van der Waals surface area contributed by atoms with E-state index in [9.17, 15) is 47.2 Å². The first-order valence-corrected chi connectivity index (χ1v) is 33.2. The summed E-state index contributed by atoms with van der Waals surface area (Å²) in [5.41, 5.74) is 8.93. The van der Waals surface area contributed by atoms with E-state index in [0.717, 1.165) is 95.9 Å². The van der Waals surface area contributed by atoms with Crippen molar-refractivity contribution in [3.63, 3.8) is 0 Å². The smallest absolute Gasteiger partial charge is 0.341 e. The van der Waals surface area contributed by atoms with Crippen LogP contribution in [0.5, 0.6) is 23.0 Å². The number of carboxylic acid groups (broad SMARTS) is 1. The van der Waals surface area contributed by atoms with Gasteiger partial charge in [0.05, 0.1) is 24.2 Å². The van der Waals surface area contributed by atoms with Crippen LogP contribution in [0, 0.1) is 36.5 Å². The van der Waals surface area contributed by atoms with Crippen molar-refractivity contribution < 1.29 is 85.8 Å². The van der Waals surface area contributed by atoms with Gasteiger partial charge in [0, 0.05) is 103 Å². The summed E-state index contributed by atoms with van der Waals surface area (Å²) in [7, 11) is 0. The molecule has 5 aromatic carbocycles. The van der Waals surface area contributed by atoms with Crippen LogP contribution < -0.4 is 0 Å². The Kier molecular flexibility index (Phi) is 29.7. The second-order valence-corrected chi connectivity index (χ2v) is 34.0. The first-order chi connectivity index (χ1) is 42.8. The zero-order valence-electron chi connectivity index (χ0n) is 62.4. The minimum Gasteiger partial charge on any atom is -0.507 e. The van der Waals surface area contributed by atoms with Crippen molar-refractivity contribution in [2.45, 2.75) is 285 Å². The maximum absolute atomic E-state index is 12.6. The minimum absolute atomic E-state index is 0. The molecule has 0 saturated heterocycles. The standard InChI is InChI=1S/2C36H54N2O2.C7HF5O2.CH3.2Co/c2*1-33(2,3)25-17-23(31(39)27(19-25)35(7,8)9)21-37-29-15-13-14-16-30(29)38-22-24-18-26(34(4,5)6)20-28(32(24)40)36(10,11)12;8-2-1(7(13)14)3(9)5(11)6(12)4(2)10;;;/h2*17-22,29-30,39-40H,13-16H2,1-12H3;(H,13,14);1H3;;/q;;;-1;;/t2*29-,30-;;;;/m11..../s1. The maximum atomic E-state index is 12.6. The SMILES string of the molecule is CC(C)(C)c1cc(C=N[C@@H]2CCCC[C@H]2N=Cc2cc(C(C)(C)C)cc(C(C)(C)C)c2O)c(O)c(C(C)(C)C)c1.CC(C)(C)c1cc(C=N[C@@H]2CCCC[C@H]2N=Cc2cc(C(C)(C)C)cc(C(C)(C)C)c2O)c(O)c(C(C)(C)C)c1.O=C(O)c1c(F)c(F)c(F)c(F)c1F.[CH3-].[Co].[Co]. The van der Waals surface area contributed by atoms with Gasteiger partial charge in [-0.3, -0.25) is 20.0 Å². The van der Waals surface area contributed by atoms with Gasteiger partial charge in [-0.05, 0) is 116 Å². The van der Waals surface area contributed by atoms with Crippen LogP contribution in [0.25, 0.3) is 0 Å². The topological polar surface area (TPSA) is 168 Å². The molecule has 0 aliphatic heterocycles. The number of aromatic carboxylic acids is 1. The number of phenolic OH excluding ortho intramolecular Hbond substituents is 4. The van der Waals surface area contributed by atoms with Crippen molar-refractivity contribution >= 4 is 30.8 Å². The molecule has 2 fully saturated rings. The molecule has 2 aliphatic rings. The van der Waals surface area contributed by atoms with Crippen LogP contribution >= 0.6 is 0 Å². The van der Waals surface area contributed by atoms with Crippen molar-refractivity contribution in [1.29, 1.82) is 0 Å². The van der Waals surface area contributed by atoms with Gasteiger partial charge in [-0.25, -0.2) is 26.7 Å².